The Hall–Kier alpha value is -2.32. The Bertz CT molecular complexity index is 1110. The van der Waals surface area contributed by atoms with E-state index in [4.69, 9.17) is 14.8 Å². The lowest BCUT2D eigenvalue weighted by Crippen LogP contribution is -2.46. The highest BCUT2D eigenvalue weighted by molar-refractivity contribution is 7.47. The van der Waals surface area contributed by atoms with Gasteiger partial charge >= 0.3 is 7.82 Å². The number of unbranched alkanes of at least 4 members (excludes halogenated alkanes) is 12. The van der Waals surface area contributed by atoms with Gasteiger partial charge in [0, 0.05) is 13.0 Å². The molecule has 3 atom stereocenters. The highest BCUT2D eigenvalue weighted by Crippen LogP contribution is 2.43. The average molecular weight is 775 g/mol. The van der Waals surface area contributed by atoms with Gasteiger partial charge in [-0.3, -0.25) is 13.8 Å². The van der Waals surface area contributed by atoms with Crippen LogP contribution < -0.4 is 11.1 Å². The number of aliphatic hydroxyl groups is 1. The fourth-order valence-electron chi connectivity index (χ4n) is 5.59. The Kier molecular flexibility index (Phi) is 38.6. The summed E-state index contributed by atoms with van der Waals surface area (Å²) in [6, 6.07) is -0.809. The maximum Gasteiger partial charge on any atom is 0.472 e. The van der Waals surface area contributed by atoms with Crippen molar-refractivity contribution in [2.24, 2.45) is 5.73 Å². The number of nitrogens with two attached hydrogens (primary N) is 1. The van der Waals surface area contributed by atoms with Crippen LogP contribution in [0.1, 0.15) is 162 Å². The molecule has 1 amide bonds. The number of allylic oxidation sites excluding steroid dienone is 14. The maximum absolute atomic E-state index is 12.7. The van der Waals surface area contributed by atoms with Gasteiger partial charge in [0.1, 0.15) is 0 Å². The second kappa shape index (κ2) is 40.3. The number of carbonyl (C=O) groups excluding carboxylic acids is 1. The van der Waals surface area contributed by atoms with E-state index in [0.717, 1.165) is 70.6 Å². The molecule has 0 saturated heterocycles. The number of amides is 1. The molecule has 0 radical (unpaired) electrons. The number of rotatable bonds is 38. The standard InChI is InChI=1S/C45H79N2O6P/c1-3-5-7-9-11-13-15-17-18-19-20-21-22-23-24-25-26-27-29-31-33-35-37-39-45(49)47-43(42-53-54(50,51)52-41-40-46)44(48)38-36-34-32-30-28-16-14-12-10-8-6-4-2/h5,7,11,13,17-18,20-21,23-24,26-27,31,33,43-44,48H,3-4,6,8-10,12,14-16,19,22,25,28-30,32,34-42,46H2,1-2H3,(H,47,49)(H,50,51)/b7-5-,13-11-,18-17-,21-20-,24-23-,27-26-,33-31-. The number of hydrogen-bond donors (Lipinski definition) is 4. The van der Waals surface area contributed by atoms with Crippen molar-refractivity contribution in [3.05, 3.63) is 85.1 Å². The maximum atomic E-state index is 12.7. The lowest BCUT2D eigenvalue weighted by molar-refractivity contribution is -0.123. The van der Waals surface area contributed by atoms with Crippen LogP contribution in [0.4, 0.5) is 0 Å². The van der Waals surface area contributed by atoms with Gasteiger partial charge < -0.3 is 21.1 Å². The number of nitrogens with one attached hydrogen (secondary N) is 1. The first-order valence-corrected chi connectivity index (χ1v) is 22.7. The van der Waals surface area contributed by atoms with Gasteiger partial charge in [-0.05, 0) is 64.2 Å². The molecule has 9 heteroatoms. The van der Waals surface area contributed by atoms with Crippen LogP contribution in [0.25, 0.3) is 0 Å². The summed E-state index contributed by atoms with van der Waals surface area (Å²) in [5, 5.41) is 13.7. The summed E-state index contributed by atoms with van der Waals surface area (Å²) in [7, 11) is -4.33. The summed E-state index contributed by atoms with van der Waals surface area (Å²) < 4.78 is 22.1. The number of phosphoric acid groups is 1. The lowest BCUT2D eigenvalue weighted by atomic mass is 10.0. The van der Waals surface area contributed by atoms with Crippen molar-refractivity contribution in [3.8, 4) is 0 Å². The zero-order valence-corrected chi connectivity index (χ0v) is 35.1. The van der Waals surface area contributed by atoms with Crippen LogP contribution >= 0.6 is 7.82 Å². The molecule has 54 heavy (non-hydrogen) atoms. The molecule has 0 bridgehead atoms. The van der Waals surface area contributed by atoms with Gasteiger partial charge in [0.15, 0.2) is 0 Å². The van der Waals surface area contributed by atoms with Gasteiger partial charge in [-0.2, -0.15) is 0 Å². The van der Waals surface area contributed by atoms with Crippen molar-refractivity contribution >= 4 is 13.7 Å². The Morgan fingerprint density at radius 3 is 1.50 bits per heavy atom. The number of carbonyl (C=O) groups is 1. The Morgan fingerprint density at radius 2 is 1.06 bits per heavy atom. The van der Waals surface area contributed by atoms with Crippen LogP contribution in [0.3, 0.4) is 0 Å². The van der Waals surface area contributed by atoms with Crippen LogP contribution in [0.15, 0.2) is 85.1 Å². The van der Waals surface area contributed by atoms with Crippen molar-refractivity contribution in [2.75, 3.05) is 19.8 Å². The SMILES string of the molecule is CC/C=C\C/C=C\C/C=C\C/C=C\C/C=C\C/C=C\C/C=C\CCCC(=O)NC(COP(=O)(O)OCCN)C(O)CCCCCCCCCCCCCC. The van der Waals surface area contributed by atoms with E-state index in [-0.39, 0.29) is 32.1 Å². The van der Waals surface area contributed by atoms with Gasteiger partial charge in [0.2, 0.25) is 5.91 Å². The van der Waals surface area contributed by atoms with Gasteiger partial charge in [-0.25, -0.2) is 4.57 Å². The van der Waals surface area contributed by atoms with Crippen LogP contribution in [0, 0.1) is 0 Å². The van der Waals surface area contributed by atoms with E-state index in [1.807, 2.05) is 0 Å². The highest BCUT2D eigenvalue weighted by Gasteiger charge is 2.27. The topological polar surface area (TPSA) is 131 Å². The molecule has 0 spiro atoms. The van der Waals surface area contributed by atoms with Gasteiger partial charge in [-0.15, -0.1) is 0 Å². The first kappa shape index (κ1) is 51.7. The fourth-order valence-corrected chi connectivity index (χ4v) is 6.35. The molecule has 0 fully saturated rings. The van der Waals surface area contributed by atoms with Gasteiger partial charge in [0.25, 0.3) is 0 Å². The molecule has 0 aliphatic heterocycles. The predicted octanol–water partition coefficient (Wildman–Crippen LogP) is 11.8. The van der Waals surface area contributed by atoms with E-state index < -0.39 is 20.0 Å². The Balaban J connectivity index is 4.30. The van der Waals surface area contributed by atoms with E-state index in [9.17, 15) is 19.4 Å². The third kappa shape index (κ3) is 38.0. The molecule has 0 rings (SSSR count). The highest BCUT2D eigenvalue weighted by atomic mass is 31.2. The van der Waals surface area contributed by atoms with E-state index in [1.54, 1.807) is 0 Å². The quantitative estimate of drug-likeness (QED) is 0.0279. The fraction of sp³-hybridized carbons (Fsp3) is 0.667. The third-order valence-corrected chi connectivity index (χ3v) is 9.75. The molecule has 8 nitrogen and oxygen atoms in total. The van der Waals surface area contributed by atoms with Crippen LogP contribution in [-0.4, -0.2) is 47.8 Å². The van der Waals surface area contributed by atoms with Crippen LogP contribution in [0.5, 0.6) is 0 Å². The summed E-state index contributed by atoms with van der Waals surface area (Å²) in [6.07, 6.45) is 53.1. The number of aliphatic hydroxyl groups excluding tert-OH is 1. The summed E-state index contributed by atoms with van der Waals surface area (Å²) >= 11 is 0. The molecule has 3 unspecified atom stereocenters. The summed E-state index contributed by atoms with van der Waals surface area (Å²) in [6.45, 7) is 4.02. The molecule has 0 aromatic heterocycles. The predicted molar refractivity (Wildman–Crippen MR) is 230 cm³/mol. The van der Waals surface area contributed by atoms with E-state index in [0.29, 0.717) is 12.8 Å². The zero-order chi connectivity index (χ0) is 39.6. The molecule has 0 aromatic rings. The lowest BCUT2D eigenvalue weighted by Gasteiger charge is -2.25. The third-order valence-electron chi connectivity index (χ3n) is 8.76. The molecule has 0 aromatic carbocycles. The molecule has 0 heterocycles. The van der Waals surface area contributed by atoms with Crippen molar-refractivity contribution in [2.45, 2.75) is 174 Å². The van der Waals surface area contributed by atoms with Crippen molar-refractivity contribution in [3.63, 3.8) is 0 Å². The van der Waals surface area contributed by atoms with Crippen LogP contribution in [-0.2, 0) is 18.4 Å². The van der Waals surface area contributed by atoms with Crippen molar-refractivity contribution < 1.29 is 28.4 Å². The molecule has 0 saturated carbocycles. The first-order chi connectivity index (χ1) is 26.4. The van der Waals surface area contributed by atoms with E-state index in [1.165, 1.54) is 57.8 Å². The van der Waals surface area contributed by atoms with Gasteiger partial charge in [0.05, 0.1) is 25.4 Å². The Morgan fingerprint density at radius 1 is 0.630 bits per heavy atom. The normalized spacial score (nSPS) is 15.0. The summed E-state index contributed by atoms with van der Waals surface area (Å²) in [4.78, 5) is 22.7. The molecule has 0 aliphatic carbocycles. The largest absolute Gasteiger partial charge is 0.472 e. The number of phosphoric ester groups is 1. The summed E-state index contributed by atoms with van der Waals surface area (Å²) in [5.74, 6) is -0.224. The smallest absolute Gasteiger partial charge is 0.391 e. The minimum Gasteiger partial charge on any atom is -0.391 e. The van der Waals surface area contributed by atoms with Crippen molar-refractivity contribution in [1.82, 2.24) is 5.32 Å². The average Bonchev–Trinajstić information content (AvgIpc) is 3.16. The summed E-state index contributed by atoms with van der Waals surface area (Å²) in [5.41, 5.74) is 5.37. The molecular formula is C45H79N2O6P. The van der Waals surface area contributed by atoms with Gasteiger partial charge in [-0.1, -0.05) is 176 Å². The Labute approximate surface area is 330 Å². The molecule has 0 aliphatic rings. The molecule has 310 valence electrons. The monoisotopic (exact) mass is 775 g/mol. The minimum absolute atomic E-state index is 0.0749. The second-order valence-corrected chi connectivity index (χ2v) is 15.3. The van der Waals surface area contributed by atoms with E-state index in [2.05, 4.69) is 104 Å². The number of hydrogen-bond acceptors (Lipinski definition) is 6. The molecule has 5 N–H and O–H groups in total. The van der Waals surface area contributed by atoms with E-state index >= 15 is 0 Å². The van der Waals surface area contributed by atoms with Crippen LogP contribution in [0.2, 0.25) is 0 Å². The second-order valence-electron chi connectivity index (χ2n) is 13.8. The molecular weight excluding hydrogens is 695 g/mol. The van der Waals surface area contributed by atoms with Crippen molar-refractivity contribution in [1.29, 1.82) is 0 Å². The minimum atomic E-state index is -4.33. The zero-order valence-electron chi connectivity index (χ0n) is 34.2. The first-order valence-electron chi connectivity index (χ1n) is 21.2.